The van der Waals surface area contributed by atoms with Gasteiger partial charge in [-0.1, -0.05) is 121 Å². The molecule has 6 nitrogen and oxygen atoms in total. The van der Waals surface area contributed by atoms with Crippen LogP contribution in [0, 0.1) is 5.92 Å². The Bertz CT molecular complexity index is 821. The predicted molar refractivity (Wildman–Crippen MR) is 175 cm³/mol. The third kappa shape index (κ3) is 33.4. The number of hydrogen-bond donors (Lipinski definition) is 1. The molecule has 0 aromatic rings. The number of carbonyl (C=O) groups excluding carboxylic acids is 3. The van der Waals surface area contributed by atoms with Crippen LogP contribution in [-0.4, -0.2) is 33.4 Å². The molecule has 0 bridgehead atoms. The SMILES string of the molecule is CC.CC.CC/C=C\C/C=C\C/C=C\C/C=C\C/C=C\CCCC(=O)OC(=O)CCC(=O)SC(CC(C)C)C(=O)O. The fourth-order valence-corrected chi connectivity index (χ4v) is 4.13. The molecule has 234 valence electrons. The van der Waals surface area contributed by atoms with Gasteiger partial charge in [0.1, 0.15) is 5.25 Å². The van der Waals surface area contributed by atoms with Gasteiger partial charge in [-0.25, -0.2) is 0 Å². The molecule has 1 N–H and O–H groups in total. The number of ether oxygens (including phenoxy) is 1. The van der Waals surface area contributed by atoms with Crippen LogP contribution < -0.4 is 0 Å². The Morgan fingerprint density at radius 3 is 1.56 bits per heavy atom. The summed E-state index contributed by atoms with van der Waals surface area (Å²) in [5.41, 5.74) is 0. The van der Waals surface area contributed by atoms with Crippen molar-refractivity contribution in [2.24, 2.45) is 5.92 Å². The van der Waals surface area contributed by atoms with Crippen molar-refractivity contribution in [1.82, 2.24) is 0 Å². The van der Waals surface area contributed by atoms with Gasteiger partial charge in [0, 0.05) is 12.8 Å². The number of carbonyl (C=O) groups is 4. The van der Waals surface area contributed by atoms with E-state index < -0.39 is 28.3 Å². The van der Waals surface area contributed by atoms with E-state index in [0.717, 1.165) is 43.9 Å². The average Bonchev–Trinajstić information content (AvgIpc) is 2.95. The minimum absolute atomic E-state index is 0.123. The van der Waals surface area contributed by atoms with E-state index in [-0.39, 0.29) is 25.2 Å². The van der Waals surface area contributed by atoms with Crippen LogP contribution in [0.3, 0.4) is 0 Å². The monoisotopic (exact) mass is 592 g/mol. The maximum absolute atomic E-state index is 12.0. The van der Waals surface area contributed by atoms with Gasteiger partial charge in [0.05, 0.1) is 6.42 Å². The van der Waals surface area contributed by atoms with E-state index in [1.165, 1.54) is 0 Å². The first-order valence-electron chi connectivity index (χ1n) is 15.2. The van der Waals surface area contributed by atoms with Gasteiger partial charge >= 0.3 is 17.9 Å². The molecular weight excluding hydrogens is 536 g/mol. The number of allylic oxidation sites excluding steroid dienone is 10. The summed E-state index contributed by atoms with van der Waals surface area (Å²) in [4.78, 5) is 46.8. The number of carboxylic acid groups (broad SMARTS) is 1. The summed E-state index contributed by atoms with van der Waals surface area (Å²) in [5.74, 6) is -2.28. The van der Waals surface area contributed by atoms with Crippen molar-refractivity contribution in [3.05, 3.63) is 60.8 Å². The second-order valence-electron chi connectivity index (χ2n) is 8.89. The van der Waals surface area contributed by atoms with E-state index in [1.807, 2.05) is 53.7 Å². The van der Waals surface area contributed by atoms with Crippen LogP contribution in [0.2, 0.25) is 0 Å². The molecule has 0 fully saturated rings. The summed E-state index contributed by atoms with van der Waals surface area (Å²) in [5, 5.41) is 7.96. The summed E-state index contributed by atoms with van der Waals surface area (Å²) < 4.78 is 4.74. The van der Waals surface area contributed by atoms with Gasteiger partial charge in [-0.3, -0.25) is 19.2 Å². The zero-order valence-electron chi connectivity index (χ0n) is 26.6. The summed E-state index contributed by atoms with van der Waals surface area (Å²) >= 11 is 0.725. The van der Waals surface area contributed by atoms with Crippen molar-refractivity contribution in [3.63, 3.8) is 0 Å². The van der Waals surface area contributed by atoms with Gasteiger partial charge in [-0.15, -0.1) is 0 Å². The molecule has 0 aliphatic heterocycles. The Balaban J connectivity index is -0.00000344. The van der Waals surface area contributed by atoms with Crippen LogP contribution in [0.1, 0.15) is 119 Å². The predicted octanol–water partition coefficient (Wildman–Crippen LogP) is 9.57. The third-order valence-electron chi connectivity index (χ3n) is 4.90. The van der Waals surface area contributed by atoms with Crippen LogP contribution in [0.15, 0.2) is 60.8 Å². The van der Waals surface area contributed by atoms with Crippen molar-refractivity contribution in [2.75, 3.05) is 0 Å². The smallest absolute Gasteiger partial charge is 0.317 e. The molecule has 0 radical (unpaired) electrons. The largest absolute Gasteiger partial charge is 0.480 e. The lowest BCUT2D eigenvalue weighted by molar-refractivity contribution is -0.160. The van der Waals surface area contributed by atoms with E-state index in [2.05, 4.69) is 55.5 Å². The lowest BCUT2D eigenvalue weighted by Gasteiger charge is -2.13. The zero-order valence-corrected chi connectivity index (χ0v) is 27.4. The number of unbranched alkanes of at least 4 members (excludes halogenated alkanes) is 1. The standard InChI is InChI=1S/C30H44O6S.2C2H6/c1-4-5-6-7-8-9-10-11-12-13-14-15-16-17-18-19-20-21-27(31)36-28(32)22-23-29(33)37-26(30(34)35)24-25(2)3;2*1-2/h5-6,8-9,11-12,14-15,17-18,25-26H,4,7,10,13,16,19-24H2,1-3H3,(H,34,35);2*1-2H3/b6-5-,9-8-,12-11-,15-14-,18-17-;;. The van der Waals surface area contributed by atoms with Crippen molar-refractivity contribution in [2.45, 2.75) is 124 Å². The molecule has 0 aliphatic carbocycles. The molecule has 0 saturated carbocycles. The first-order valence-corrected chi connectivity index (χ1v) is 16.0. The number of aliphatic carboxylic acids is 1. The first kappa shape index (κ1) is 42.8. The third-order valence-corrected chi connectivity index (χ3v) is 6.05. The topological polar surface area (TPSA) is 97.7 Å². The summed E-state index contributed by atoms with van der Waals surface area (Å²) in [6.07, 6.45) is 27.4. The van der Waals surface area contributed by atoms with Crippen molar-refractivity contribution in [1.29, 1.82) is 0 Å². The number of hydrogen-bond acceptors (Lipinski definition) is 6. The maximum atomic E-state index is 12.0. The average molecular weight is 593 g/mol. The lowest BCUT2D eigenvalue weighted by Crippen LogP contribution is -2.21. The highest BCUT2D eigenvalue weighted by atomic mass is 32.2. The molecule has 0 spiro atoms. The van der Waals surface area contributed by atoms with Gasteiger partial charge in [-0.2, -0.15) is 0 Å². The van der Waals surface area contributed by atoms with E-state index >= 15 is 0 Å². The zero-order chi connectivity index (χ0) is 31.7. The van der Waals surface area contributed by atoms with Gasteiger partial charge < -0.3 is 9.84 Å². The summed E-state index contributed by atoms with van der Waals surface area (Å²) in [7, 11) is 0. The van der Waals surface area contributed by atoms with Crippen LogP contribution >= 0.6 is 11.8 Å². The molecular formula is C34H56O6S. The van der Waals surface area contributed by atoms with Crippen molar-refractivity contribution < 1.29 is 29.0 Å². The number of rotatable bonds is 20. The molecule has 0 aromatic carbocycles. The minimum atomic E-state index is -1.04. The second-order valence-corrected chi connectivity index (χ2v) is 10.2. The molecule has 0 saturated heterocycles. The molecule has 1 unspecified atom stereocenters. The quantitative estimate of drug-likeness (QED) is 0.0650. The van der Waals surface area contributed by atoms with Gasteiger partial charge in [0.15, 0.2) is 5.12 Å². The van der Waals surface area contributed by atoms with Gasteiger partial charge in [0.25, 0.3) is 0 Å². The number of thioether (sulfide) groups is 1. The fourth-order valence-electron chi connectivity index (χ4n) is 3.01. The van der Waals surface area contributed by atoms with Gasteiger partial charge in [0.2, 0.25) is 0 Å². The van der Waals surface area contributed by atoms with Crippen molar-refractivity contribution >= 4 is 34.8 Å². The molecule has 0 aliphatic rings. The maximum Gasteiger partial charge on any atom is 0.317 e. The van der Waals surface area contributed by atoms with Crippen LogP contribution in [-0.2, 0) is 23.9 Å². The molecule has 0 rings (SSSR count). The molecule has 1 atom stereocenters. The Labute approximate surface area is 254 Å². The first-order chi connectivity index (χ1) is 19.8. The van der Waals surface area contributed by atoms with Crippen molar-refractivity contribution in [3.8, 4) is 0 Å². The van der Waals surface area contributed by atoms with Crippen LogP contribution in [0.5, 0.6) is 0 Å². The molecule has 7 heteroatoms. The molecule has 0 amide bonds. The fraction of sp³-hybridized carbons (Fsp3) is 0.588. The Kier molecular flexibility index (Phi) is 35.0. The summed E-state index contributed by atoms with van der Waals surface area (Å²) in [6, 6.07) is 0. The molecule has 41 heavy (non-hydrogen) atoms. The Hall–Kier alpha value is -2.67. The number of esters is 2. The highest BCUT2D eigenvalue weighted by molar-refractivity contribution is 8.14. The second kappa shape index (κ2) is 33.5. The summed E-state index contributed by atoms with van der Waals surface area (Å²) in [6.45, 7) is 13.9. The van der Waals surface area contributed by atoms with Crippen LogP contribution in [0.25, 0.3) is 0 Å². The molecule has 0 heterocycles. The van der Waals surface area contributed by atoms with Gasteiger partial charge in [-0.05, 0) is 57.3 Å². The molecule has 0 aromatic heterocycles. The Morgan fingerprint density at radius 2 is 1.12 bits per heavy atom. The Morgan fingerprint density at radius 1 is 0.683 bits per heavy atom. The number of carboxylic acids is 1. The van der Waals surface area contributed by atoms with E-state index in [0.29, 0.717) is 19.3 Å². The normalized spacial score (nSPS) is 12.1. The highest BCUT2D eigenvalue weighted by Crippen LogP contribution is 2.22. The van der Waals surface area contributed by atoms with E-state index in [4.69, 9.17) is 4.74 Å². The lowest BCUT2D eigenvalue weighted by atomic mass is 10.1. The van der Waals surface area contributed by atoms with Crippen LogP contribution in [0.4, 0.5) is 0 Å². The highest BCUT2D eigenvalue weighted by Gasteiger charge is 2.23. The minimum Gasteiger partial charge on any atom is -0.480 e. The van der Waals surface area contributed by atoms with E-state index in [1.54, 1.807) is 0 Å². The van der Waals surface area contributed by atoms with E-state index in [9.17, 15) is 24.3 Å².